The first-order valence-corrected chi connectivity index (χ1v) is 15.7. The standard InChI is InChI=1S/C43H20N8/c1-25-12-28(23-46)14-29(13-25)30-17-42(50-38-8-4-26(21-44)15-33(38)34-16-27(22-45)5-9-39(34)50)37(24-47)43(18-30)51-40-10-6-31(48-2)19-35(40)36-20-32(49-3)7-11-41(36)51/h4-20H,1H3. The Morgan fingerprint density at radius 2 is 0.902 bits per heavy atom. The Bertz CT molecular complexity index is 2800. The molecule has 0 aliphatic carbocycles. The predicted molar refractivity (Wildman–Crippen MR) is 197 cm³/mol. The summed E-state index contributed by atoms with van der Waals surface area (Å²) in [5.74, 6) is 0. The normalized spacial score (nSPS) is 10.7. The topological polar surface area (TPSA) is 114 Å². The Balaban J connectivity index is 1.58. The van der Waals surface area contributed by atoms with Crippen molar-refractivity contribution in [3.8, 4) is 46.8 Å². The number of fused-ring (bicyclic) bond motifs is 6. The summed E-state index contributed by atoms with van der Waals surface area (Å²) in [7, 11) is 0. The summed E-state index contributed by atoms with van der Waals surface area (Å²) in [4.78, 5) is 7.31. The van der Waals surface area contributed by atoms with E-state index in [1.54, 1.807) is 48.5 Å². The van der Waals surface area contributed by atoms with E-state index in [4.69, 9.17) is 13.1 Å². The summed E-state index contributed by atoms with van der Waals surface area (Å²) in [6.45, 7) is 17.3. The van der Waals surface area contributed by atoms with Gasteiger partial charge in [0, 0.05) is 10.8 Å². The molecule has 0 fully saturated rings. The average Bonchev–Trinajstić information content (AvgIpc) is 3.67. The lowest BCUT2D eigenvalue weighted by Crippen LogP contribution is -2.05. The zero-order valence-corrected chi connectivity index (χ0v) is 26.9. The second kappa shape index (κ2) is 11.5. The van der Waals surface area contributed by atoms with Crippen LogP contribution in [0.2, 0.25) is 0 Å². The van der Waals surface area contributed by atoms with E-state index >= 15 is 0 Å². The van der Waals surface area contributed by atoms with Gasteiger partial charge in [0.05, 0.1) is 81.5 Å². The quantitative estimate of drug-likeness (QED) is 0.177. The Labute approximate surface area is 291 Å². The van der Waals surface area contributed by atoms with Crippen molar-refractivity contribution in [2.45, 2.75) is 6.92 Å². The molecule has 0 spiro atoms. The number of rotatable bonds is 3. The fourth-order valence-corrected chi connectivity index (χ4v) is 7.08. The van der Waals surface area contributed by atoms with Gasteiger partial charge in [-0.2, -0.15) is 21.0 Å². The van der Waals surface area contributed by atoms with Crippen LogP contribution < -0.4 is 0 Å². The van der Waals surface area contributed by atoms with E-state index in [-0.39, 0.29) is 0 Å². The summed E-state index contributed by atoms with van der Waals surface area (Å²) in [5, 5.41) is 43.6. The monoisotopic (exact) mass is 648 g/mol. The first kappa shape index (κ1) is 30.2. The van der Waals surface area contributed by atoms with Crippen LogP contribution in [0.5, 0.6) is 0 Å². The minimum atomic E-state index is 0.349. The third kappa shape index (κ3) is 4.63. The van der Waals surface area contributed by atoms with Gasteiger partial charge in [-0.3, -0.25) is 0 Å². The van der Waals surface area contributed by atoms with E-state index in [9.17, 15) is 21.0 Å². The van der Waals surface area contributed by atoms with E-state index in [0.717, 1.165) is 60.3 Å². The van der Waals surface area contributed by atoms with E-state index < -0.39 is 0 Å². The van der Waals surface area contributed by atoms with Crippen molar-refractivity contribution in [3.63, 3.8) is 0 Å². The maximum Gasteiger partial charge on any atom is 0.188 e. The highest BCUT2D eigenvalue weighted by Gasteiger charge is 2.23. The summed E-state index contributed by atoms with van der Waals surface area (Å²) >= 11 is 0. The van der Waals surface area contributed by atoms with Crippen LogP contribution in [0.25, 0.3) is 75.8 Å². The molecule has 0 radical (unpaired) electrons. The molecule has 2 aromatic heterocycles. The van der Waals surface area contributed by atoms with Crippen LogP contribution in [0.1, 0.15) is 27.8 Å². The minimum absolute atomic E-state index is 0.349. The molecule has 232 valence electrons. The van der Waals surface area contributed by atoms with Crippen molar-refractivity contribution in [1.82, 2.24) is 9.13 Å². The molecule has 0 saturated carbocycles. The highest BCUT2D eigenvalue weighted by Crippen LogP contribution is 2.42. The van der Waals surface area contributed by atoms with Crippen molar-refractivity contribution < 1.29 is 0 Å². The largest absolute Gasteiger partial charge is 0.308 e. The lowest BCUT2D eigenvalue weighted by molar-refractivity contribution is 1.12. The Morgan fingerprint density at radius 3 is 1.33 bits per heavy atom. The van der Waals surface area contributed by atoms with Crippen molar-refractivity contribution in [2.75, 3.05) is 0 Å². The summed E-state index contributed by atoms with van der Waals surface area (Å²) < 4.78 is 3.98. The van der Waals surface area contributed by atoms with Gasteiger partial charge in [-0.25, -0.2) is 9.69 Å². The molecule has 2 heterocycles. The van der Waals surface area contributed by atoms with Crippen molar-refractivity contribution >= 4 is 55.0 Å². The lowest BCUT2D eigenvalue weighted by Gasteiger charge is -2.19. The van der Waals surface area contributed by atoms with Gasteiger partial charge < -0.3 is 9.13 Å². The van der Waals surface area contributed by atoms with Crippen LogP contribution in [0.15, 0.2) is 103 Å². The number of nitriles is 4. The van der Waals surface area contributed by atoms with Crippen LogP contribution in [-0.2, 0) is 0 Å². The van der Waals surface area contributed by atoms with Crippen molar-refractivity contribution in [2.24, 2.45) is 0 Å². The van der Waals surface area contributed by atoms with Gasteiger partial charge >= 0.3 is 0 Å². The van der Waals surface area contributed by atoms with Gasteiger partial charge in [0.1, 0.15) is 11.6 Å². The van der Waals surface area contributed by atoms with Crippen LogP contribution in [-0.4, -0.2) is 9.13 Å². The molecule has 0 saturated heterocycles. The van der Waals surface area contributed by atoms with E-state index in [1.807, 2.05) is 70.7 Å². The van der Waals surface area contributed by atoms with E-state index in [2.05, 4.69) is 34.0 Å². The first-order valence-electron chi connectivity index (χ1n) is 15.7. The fraction of sp³-hybridized carbons (Fsp3) is 0.0233. The third-order valence-corrected chi connectivity index (χ3v) is 9.24. The highest BCUT2D eigenvalue weighted by molar-refractivity contribution is 6.13. The minimum Gasteiger partial charge on any atom is -0.308 e. The van der Waals surface area contributed by atoms with Crippen LogP contribution in [0, 0.1) is 65.4 Å². The number of aryl methyl sites for hydroxylation is 1. The molecule has 8 heteroatoms. The number of benzene rings is 6. The maximum absolute atomic E-state index is 11.1. The van der Waals surface area contributed by atoms with Gasteiger partial charge in [-0.15, -0.1) is 0 Å². The molecular weight excluding hydrogens is 629 g/mol. The summed E-state index contributed by atoms with van der Waals surface area (Å²) in [6, 6.07) is 40.3. The predicted octanol–water partition coefficient (Wildman–Crippen LogP) is 10.4. The van der Waals surface area contributed by atoms with Gasteiger partial charge in [-0.1, -0.05) is 18.2 Å². The molecule has 0 atom stereocenters. The molecule has 0 unspecified atom stereocenters. The molecule has 8 rings (SSSR count). The molecule has 0 bridgehead atoms. The van der Waals surface area contributed by atoms with Gasteiger partial charge in [0.15, 0.2) is 11.4 Å². The Hall–Kier alpha value is -8.14. The number of nitrogens with zero attached hydrogens (tertiary/aromatic N) is 8. The van der Waals surface area contributed by atoms with Gasteiger partial charge in [0.25, 0.3) is 0 Å². The highest BCUT2D eigenvalue weighted by atomic mass is 15.0. The fourth-order valence-electron chi connectivity index (χ4n) is 7.08. The Morgan fingerprint density at radius 1 is 0.471 bits per heavy atom. The van der Waals surface area contributed by atoms with Gasteiger partial charge in [-0.05, 0) is 119 Å². The molecular formula is C43H20N8. The van der Waals surface area contributed by atoms with Crippen molar-refractivity contribution in [3.05, 3.63) is 154 Å². The summed E-state index contributed by atoms with van der Waals surface area (Å²) in [5.41, 5.74) is 9.22. The van der Waals surface area contributed by atoms with Crippen LogP contribution in [0.4, 0.5) is 11.4 Å². The number of hydrogen-bond donors (Lipinski definition) is 0. The first-order chi connectivity index (χ1) is 24.9. The Kier molecular flexibility index (Phi) is 6.83. The van der Waals surface area contributed by atoms with Gasteiger partial charge in [0.2, 0.25) is 0 Å². The smallest absolute Gasteiger partial charge is 0.188 e. The molecule has 0 aliphatic heterocycles. The molecule has 51 heavy (non-hydrogen) atoms. The lowest BCUT2D eigenvalue weighted by atomic mass is 9.97. The maximum atomic E-state index is 11.1. The second-order valence-electron chi connectivity index (χ2n) is 12.2. The second-order valence-corrected chi connectivity index (χ2v) is 12.2. The van der Waals surface area contributed by atoms with Crippen molar-refractivity contribution in [1.29, 1.82) is 21.0 Å². The molecule has 0 amide bonds. The number of aromatic nitrogens is 2. The van der Waals surface area contributed by atoms with Crippen LogP contribution in [0.3, 0.4) is 0 Å². The average molecular weight is 649 g/mol. The number of hydrogen-bond acceptors (Lipinski definition) is 4. The molecule has 6 aromatic carbocycles. The summed E-state index contributed by atoms with van der Waals surface area (Å²) in [6.07, 6.45) is 0. The van der Waals surface area contributed by atoms with Crippen LogP contribution >= 0.6 is 0 Å². The molecule has 8 aromatic rings. The SMILES string of the molecule is [C-]#[N+]c1ccc2c(c1)c1cc([N+]#[C-])ccc1n2-c1cc(-c2cc(C)cc(C#N)c2)cc(-n2c3ccc(C#N)cc3c3cc(C#N)ccc32)c1C#N. The zero-order chi connectivity index (χ0) is 35.4. The zero-order valence-electron chi connectivity index (χ0n) is 26.9. The molecule has 0 aliphatic rings. The van der Waals surface area contributed by atoms with E-state index in [0.29, 0.717) is 45.0 Å². The molecule has 8 nitrogen and oxygen atoms in total. The van der Waals surface area contributed by atoms with E-state index in [1.165, 1.54) is 0 Å². The molecule has 0 N–H and O–H groups in total. The third-order valence-electron chi connectivity index (χ3n) is 9.24.